The quantitative estimate of drug-likeness (QED) is 0.801. The first-order valence-corrected chi connectivity index (χ1v) is 9.58. The fourth-order valence-corrected chi connectivity index (χ4v) is 3.48. The first-order chi connectivity index (χ1) is 12.9. The number of likely N-dealkylation sites (N-methyl/N-ethyl adjacent to an activating group) is 1. The van der Waals surface area contributed by atoms with Crippen molar-refractivity contribution in [2.75, 3.05) is 26.7 Å². The van der Waals surface area contributed by atoms with Gasteiger partial charge in [0.25, 0.3) is 0 Å². The molecule has 0 saturated carbocycles. The predicted octanol–water partition coefficient (Wildman–Crippen LogP) is 1.62. The monoisotopic (exact) mass is 371 g/mol. The second-order valence-electron chi connectivity index (χ2n) is 7.62. The number of nitrogens with zero attached hydrogens (tertiary/aromatic N) is 5. The molecule has 1 aromatic heterocycles. The molecule has 1 atom stereocenters. The second-order valence-corrected chi connectivity index (χ2v) is 7.62. The summed E-state index contributed by atoms with van der Waals surface area (Å²) in [5, 5.41) is 4.51. The van der Waals surface area contributed by atoms with E-state index in [4.69, 9.17) is 0 Å². The highest BCUT2D eigenvalue weighted by Crippen LogP contribution is 2.26. The van der Waals surface area contributed by atoms with Crippen LogP contribution in [0.25, 0.3) is 5.69 Å². The molecule has 0 spiro atoms. The number of aryl methyl sites for hydroxylation is 1. The van der Waals surface area contributed by atoms with Gasteiger partial charge in [0.2, 0.25) is 5.91 Å². The summed E-state index contributed by atoms with van der Waals surface area (Å²) in [6, 6.07) is 9.91. The van der Waals surface area contributed by atoms with E-state index in [2.05, 4.69) is 18.9 Å². The highest BCUT2D eigenvalue weighted by Gasteiger charge is 2.30. The molecule has 7 nitrogen and oxygen atoms in total. The molecule has 1 aliphatic heterocycles. The number of hydrogen-bond acceptors (Lipinski definition) is 4. The van der Waals surface area contributed by atoms with Crippen molar-refractivity contribution in [1.29, 1.82) is 0 Å². The van der Waals surface area contributed by atoms with Crippen molar-refractivity contribution in [3.05, 3.63) is 46.6 Å². The van der Waals surface area contributed by atoms with Crippen molar-refractivity contribution in [3.8, 4) is 5.69 Å². The van der Waals surface area contributed by atoms with Gasteiger partial charge in [0.05, 0.1) is 12.2 Å². The molecule has 2 heterocycles. The van der Waals surface area contributed by atoms with Crippen molar-refractivity contribution < 1.29 is 4.79 Å². The zero-order chi connectivity index (χ0) is 19.6. The van der Waals surface area contributed by atoms with Crippen molar-refractivity contribution >= 4 is 5.91 Å². The van der Waals surface area contributed by atoms with Crippen LogP contribution in [0, 0.1) is 0 Å². The maximum Gasteiger partial charge on any atom is 0.350 e. The van der Waals surface area contributed by atoms with Crippen LogP contribution < -0.4 is 5.69 Å². The van der Waals surface area contributed by atoms with Gasteiger partial charge in [-0.3, -0.25) is 9.69 Å². The predicted molar refractivity (Wildman–Crippen MR) is 105 cm³/mol. The number of rotatable bonds is 5. The third kappa shape index (κ3) is 4.13. The molecule has 0 bridgehead atoms. The molecule has 1 fully saturated rings. The lowest BCUT2D eigenvalue weighted by atomic mass is 9.97. The highest BCUT2D eigenvalue weighted by atomic mass is 16.2. The van der Waals surface area contributed by atoms with E-state index in [1.165, 1.54) is 4.68 Å². The van der Waals surface area contributed by atoms with Gasteiger partial charge in [0.1, 0.15) is 5.82 Å². The lowest BCUT2D eigenvalue weighted by molar-refractivity contribution is -0.133. The Morgan fingerprint density at radius 2 is 2.00 bits per heavy atom. The number of para-hydroxylation sites is 1. The Bertz CT molecular complexity index is 840. The summed E-state index contributed by atoms with van der Waals surface area (Å²) in [6.45, 7) is 5.95. The summed E-state index contributed by atoms with van der Waals surface area (Å²) in [5.41, 5.74) is 0.660. The molecule has 1 aliphatic rings. The maximum absolute atomic E-state index is 12.7. The van der Waals surface area contributed by atoms with Crippen LogP contribution in [0.2, 0.25) is 0 Å². The van der Waals surface area contributed by atoms with Crippen LogP contribution in [0.3, 0.4) is 0 Å². The Hall–Kier alpha value is -2.41. The van der Waals surface area contributed by atoms with E-state index in [0.29, 0.717) is 19.1 Å². The van der Waals surface area contributed by atoms with Crippen LogP contribution in [-0.2, 0) is 11.8 Å². The minimum Gasteiger partial charge on any atom is -0.341 e. The van der Waals surface area contributed by atoms with Crippen LogP contribution >= 0.6 is 0 Å². The van der Waals surface area contributed by atoms with Crippen LogP contribution in [0.15, 0.2) is 35.1 Å². The number of amides is 1. The van der Waals surface area contributed by atoms with Gasteiger partial charge in [-0.05, 0) is 45.9 Å². The van der Waals surface area contributed by atoms with E-state index >= 15 is 0 Å². The molecule has 2 aromatic rings. The van der Waals surface area contributed by atoms with Crippen LogP contribution in [0.4, 0.5) is 0 Å². The summed E-state index contributed by atoms with van der Waals surface area (Å²) < 4.78 is 3.06. The van der Waals surface area contributed by atoms with Crippen molar-refractivity contribution in [3.63, 3.8) is 0 Å². The molecule has 3 rings (SSSR count). The summed E-state index contributed by atoms with van der Waals surface area (Å²) >= 11 is 0. The Balaban J connectivity index is 1.84. The molecule has 1 aromatic carbocycles. The normalized spacial score (nSPS) is 17.7. The van der Waals surface area contributed by atoms with Gasteiger partial charge < -0.3 is 4.90 Å². The fourth-order valence-electron chi connectivity index (χ4n) is 3.48. The topological polar surface area (TPSA) is 63.4 Å². The van der Waals surface area contributed by atoms with Gasteiger partial charge in [-0.1, -0.05) is 18.2 Å². The van der Waals surface area contributed by atoms with E-state index in [0.717, 1.165) is 30.9 Å². The Morgan fingerprint density at radius 1 is 1.30 bits per heavy atom. The van der Waals surface area contributed by atoms with Gasteiger partial charge >= 0.3 is 5.69 Å². The number of hydrogen-bond donors (Lipinski definition) is 0. The van der Waals surface area contributed by atoms with E-state index in [1.807, 2.05) is 47.2 Å². The number of carbonyl (C=O) groups is 1. The number of likely N-dealkylation sites (tertiary alicyclic amines) is 1. The average molecular weight is 371 g/mol. The molecule has 0 aliphatic carbocycles. The number of carbonyl (C=O) groups excluding carboxylic acids is 1. The van der Waals surface area contributed by atoms with Crippen LogP contribution in [0.1, 0.15) is 38.4 Å². The molecule has 0 unspecified atom stereocenters. The Kier molecular flexibility index (Phi) is 5.79. The van der Waals surface area contributed by atoms with Gasteiger partial charge in [-0.25, -0.2) is 14.0 Å². The molecule has 146 valence electrons. The standard InChI is InChI=1S/C20H29N5O2/c1-15(2)22(3)14-18(26)24-12-8-9-16(13-24)19-21-23(4)20(27)25(19)17-10-6-5-7-11-17/h5-7,10-11,15-16H,8-9,12-14H2,1-4H3/t16-/m0/s1. The lowest BCUT2D eigenvalue weighted by Gasteiger charge is -2.34. The second kappa shape index (κ2) is 8.08. The van der Waals surface area contributed by atoms with E-state index < -0.39 is 0 Å². The SMILES string of the molecule is CC(C)N(C)CC(=O)N1CCC[C@H](c2nn(C)c(=O)n2-c2ccccc2)C1. The molecule has 7 heteroatoms. The molecular weight excluding hydrogens is 342 g/mol. The highest BCUT2D eigenvalue weighted by molar-refractivity contribution is 5.78. The lowest BCUT2D eigenvalue weighted by Crippen LogP contribution is -2.45. The zero-order valence-corrected chi connectivity index (χ0v) is 16.6. The molecule has 1 saturated heterocycles. The first-order valence-electron chi connectivity index (χ1n) is 9.58. The summed E-state index contributed by atoms with van der Waals surface area (Å²) in [4.78, 5) is 29.3. The van der Waals surface area contributed by atoms with Gasteiger partial charge in [0.15, 0.2) is 0 Å². The largest absolute Gasteiger partial charge is 0.350 e. The molecule has 1 amide bonds. The Morgan fingerprint density at radius 3 is 2.67 bits per heavy atom. The summed E-state index contributed by atoms with van der Waals surface area (Å²) in [7, 11) is 3.64. The fraction of sp³-hybridized carbons (Fsp3) is 0.550. The smallest absolute Gasteiger partial charge is 0.341 e. The molecule has 27 heavy (non-hydrogen) atoms. The molecule has 0 N–H and O–H groups in total. The van der Waals surface area contributed by atoms with E-state index in [9.17, 15) is 9.59 Å². The van der Waals surface area contributed by atoms with Crippen molar-refractivity contribution in [1.82, 2.24) is 24.1 Å². The maximum atomic E-state index is 12.7. The minimum atomic E-state index is -0.154. The third-order valence-electron chi connectivity index (χ3n) is 5.37. The molecular formula is C20H29N5O2. The van der Waals surface area contributed by atoms with Crippen molar-refractivity contribution in [2.24, 2.45) is 7.05 Å². The summed E-state index contributed by atoms with van der Waals surface area (Å²) in [5.74, 6) is 0.935. The summed E-state index contributed by atoms with van der Waals surface area (Å²) in [6.07, 6.45) is 1.84. The number of piperidine rings is 1. The minimum absolute atomic E-state index is 0.0566. The van der Waals surface area contributed by atoms with E-state index in [-0.39, 0.29) is 17.5 Å². The number of aromatic nitrogens is 3. The zero-order valence-electron chi connectivity index (χ0n) is 16.6. The van der Waals surface area contributed by atoms with E-state index in [1.54, 1.807) is 11.6 Å². The van der Waals surface area contributed by atoms with Crippen molar-refractivity contribution in [2.45, 2.75) is 38.6 Å². The average Bonchev–Trinajstić information content (AvgIpc) is 2.97. The van der Waals surface area contributed by atoms with Gasteiger partial charge in [-0.15, -0.1) is 0 Å². The van der Waals surface area contributed by atoms with Gasteiger partial charge in [0, 0.05) is 32.1 Å². The number of benzene rings is 1. The van der Waals surface area contributed by atoms with Crippen LogP contribution in [0.5, 0.6) is 0 Å². The van der Waals surface area contributed by atoms with Gasteiger partial charge in [-0.2, -0.15) is 5.10 Å². The Labute approximate surface area is 160 Å². The van der Waals surface area contributed by atoms with Crippen LogP contribution in [-0.4, -0.2) is 62.8 Å². The third-order valence-corrected chi connectivity index (χ3v) is 5.37. The first kappa shape index (κ1) is 19.4. The molecule has 0 radical (unpaired) electrons.